The predicted molar refractivity (Wildman–Crippen MR) is 84.2 cm³/mol. The second-order valence-corrected chi connectivity index (χ2v) is 7.96. The molecule has 0 N–H and O–H groups in total. The molecule has 1 saturated heterocycles. The monoisotopic (exact) mass is 384 g/mol. The fourth-order valence-electron chi connectivity index (χ4n) is 2.80. The van der Waals surface area contributed by atoms with Gasteiger partial charge in [-0.05, 0) is 0 Å². The quantitative estimate of drug-likeness (QED) is 0.473. The highest BCUT2D eigenvalue weighted by atomic mass is 35.5. The first kappa shape index (κ1) is 15.9. The molecule has 21 heavy (non-hydrogen) atoms. The van der Waals surface area contributed by atoms with Crippen LogP contribution in [0.25, 0.3) is 0 Å². The van der Waals surface area contributed by atoms with E-state index in [-0.39, 0.29) is 45.1 Å². The molecule has 1 heterocycles. The van der Waals surface area contributed by atoms with E-state index in [9.17, 15) is 14.4 Å². The lowest BCUT2D eigenvalue weighted by molar-refractivity contribution is -0.138. The maximum absolute atomic E-state index is 12.6. The van der Waals surface area contributed by atoms with Crippen LogP contribution in [0.4, 0.5) is 0 Å². The Balaban J connectivity index is 2.12. The van der Waals surface area contributed by atoms with Gasteiger partial charge < -0.3 is 0 Å². The van der Waals surface area contributed by atoms with E-state index in [4.69, 9.17) is 46.4 Å². The summed E-state index contributed by atoms with van der Waals surface area (Å²) in [7, 11) is 0. The molecule has 8 heteroatoms. The van der Waals surface area contributed by atoms with Crippen molar-refractivity contribution in [1.82, 2.24) is 0 Å². The lowest BCUT2D eigenvalue weighted by Crippen LogP contribution is -2.51. The first-order valence-electron chi connectivity index (χ1n) is 6.19. The van der Waals surface area contributed by atoms with Gasteiger partial charge in [0, 0.05) is 18.4 Å². The Bertz CT molecular complexity index is 639. The number of rotatable bonds is 0. The highest BCUT2D eigenvalue weighted by Crippen LogP contribution is 2.51. The van der Waals surface area contributed by atoms with Crippen molar-refractivity contribution < 1.29 is 14.4 Å². The molecule has 0 aromatic heterocycles. The zero-order chi connectivity index (χ0) is 15.5. The van der Waals surface area contributed by atoms with Gasteiger partial charge in [-0.2, -0.15) is 0 Å². The number of allylic oxidation sites excluding steroid dienone is 3. The fraction of sp³-hybridized carbons (Fsp3) is 0.462. The SMILES string of the molecule is O=C1CCC(=O)C2C(=O)C3=C(Cl)C(Cl)=C(Cl)C(Cl)C3SC12. The molecule has 0 bridgehead atoms. The second kappa shape index (κ2) is 5.57. The predicted octanol–water partition coefficient (Wildman–Crippen LogP) is 3.39. The minimum absolute atomic E-state index is 0.0327. The van der Waals surface area contributed by atoms with E-state index in [1.54, 1.807) is 0 Å². The molecule has 4 unspecified atom stereocenters. The molecule has 112 valence electrons. The van der Waals surface area contributed by atoms with Gasteiger partial charge >= 0.3 is 0 Å². The van der Waals surface area contributed by atoms with E-state index >= 15 is 0 Å². The van der Waals surface area contributed by atoms with Crippen LogP contribution in [0.3, 0.4) is 0 Å². The summed E-state index contributed by atoms with van der Waals surface area (Å²) >= 11 is 25.6. The zero-order valence-corrected chi connectivity index (χ0v) is 14.2. The van der Waals surface area contributed by atoms with Crippen molar-refractivity contribution in [2.75, 3.05) is 0 Å². The van der Waals surface area contributed by atoms with Gasteiger partial charge in [-0.3, -0.25) is 14.4 Å². The van der Waals surface area contributed by atoms with Crippen LogP contribution in [0.5, 0.6) is 0 Å². The molecular formula is C13H8Cl4O3S. The molecule has 3 nitrogen and oxygen atoms in total. The van der Waals surface area contributed by atoms with Crippen LogP contribution in [0.2, 0.25) is 0 Å². The molecule has 4 atom stereocenters. The van der Waals surface area contributed by atoms with Crippen LogP contribution in [0.15, 0.2) is 20.7 Å². The van der Waals surface area contributed by atoms with Crippen molar-refractivity contribution >= 4 is 75.5 Å². The van der Waals surface area contributed by atoms with Gasteiger partial charge in [-0.1, -0.05) is 34.8 Å². The van der Waals surface area contributed by atoms with Gasteiger partial charge in [0.05, 0.1) is 36.9 Å². The number of carbonyl (C=O) groups excluding carboxylic acids is 3. The fourth-order valence-corrected chi connectivity index (χ4v) is 5.87. The maximum Gasteiger partial charge on any atom is 0.173 e. The van der Waals surface area contributed by atoms with Gasteiger partial charge in [0.2, 0.25) is 0 Å². The van der Waals surface area contributed by atoms with Crippen molar-refractivity contribution in [1.29, 1.82) is 0 Å². The van der Waals surface area contributed by atoms with Crippen molar-refractivity contribution in [3.05, 3.63) is 20.7 Å². The number of halogens is 4. The molecule has 3 aliphatic rings. The number of carbonyl (C=O) groups is 3. The number of Topliss-reactive ketones (excluding diaryl/α,β-unsaturated/α-hetero) is 3. The Hall–Kier alpha value is 0.0000000000000000555. The molecule has 2 fully saturated rings. The third-order valence-corrected chi connectivity index (χ3v) is 7.62. The minimum Gasteiger partial charge on any atom is -0.299 e. The third kappa shape index (κ3) is 2.31. The molecule has 0 spiro atoms. The molecule has 2 aliphatic carbocycles. The van der Waals surface area contributed by atoms with Gasteiger partial charge in [0.1, 0.15) is 11.6 Å². The molecule has 0 radical (unpaired) electrons. The summed E-state index contributed by atoms with van der Waals surface area (Å²) in [4.78, 5) is 36.7. The van der Waals surface area contributed by atoms with Crippen LogP contribution in [-0.4, -0.2) is 33.2 Å². The standard InChI is InChI=1S/C13H8Cl4O3S/c14-7-6-11(20)5-3(18)1-2-4(19)12(5)21-13(6)10(17)9(16)8(7)15/h5,10,12-13H,1-2H2. The summed E-state index contributed by atoms with van der Waals surface area (Å²) in [6.45, 7) is 0. The molecular weight excluding hydrogens is 378 g/mol. The average Bonchev–Trinajstić information content (AvgIpc) is 2.46. The van der Waals surface area contributed by atoms with Crippen LogP contribution in [0.1, 0.15) is 12.8 Å². The van der Waals surface area contributed by atoms with E-state index < -0.39 is 27.6 Å². The first-order valence-corrected chi connectivity index (χ1v) is 8.70. The summed E-state index contributed by atoms with van der Waals surface area (Å²) in [5, 5.41) is -1.77. The van der Waals surface area contributed by atoms with E-state index in [2.05, 4.69) is 0 Å². The third-order valence-electron chi connectivity index (χ3n) is 3.86. The van der Waals surface area contributed by atoms with Crippen LogP contribution < -0.4 is 0 Å². The van der Waals surface area contributed by atoms with Crippen LogP contribution in [0, 0.1) is 5.92 Å². The number of fused-ring (bicyclic) bond motifs is 2. The van der Waals surface area contributed by atoms with Gasteiger partial charge in [-0.15, -0.1) is 23.4 Å². The van der Waals surface area contributed by atoms with E-state index in [1.165, 1.54) is 11.8 Å². The van der Waals surface area contributed by atoms with Crippen LogP contribution >= 0.6 is 58.2 Å². The van der Waals surface area contributed by atoms with Crippen molar-refractivity contribution in [3.8, 4) is 0 Å². The van der Waals surface area contributed by atoms with Gasteiger partial charge in [0.25, 0.3) is 0 Å². The van der Waals surface area contributed by atoms with E-state index in [0.717, 1.165) is 0 Å². The number of alkyl halides is 1. The summed E-state index contributed by atoms with van der Waals surface area (Å²) in [5.74, 6) is -1.75. The van der Waals surface area contributed by atoms with E-state index in [1.807, 2.05) is 0 Å². The number of thioether (sulfide) groups is 1. The summed E-state index contributed by atoms with van der Waals surface area (Å²) in [6, 6.07) is 0. The number of ketones is 3. The number of hydrogen-bond acceptors (Lipinski definition) is 4. The summed E-state index contributed by atoms with van der Waals surface area (Å²) < 4.78 is 0. The first-order chi connectivity index (χ1) is 9.84. The van der Waals surface area contributed by atoms with Crippen molar-refractivity contribution in [3.63, 3.8) is 0 Å². The zero-order valence-electron chi connectivity index (χ0n) is 10.4. The highest BCUT2D eigenvalue weighted by Gasteiger charge is 2.53. The normalized spacial score (nSPS) is 36.9. The Morgan fingerprint density at radius 1 is 0.905 bits per heavy atom. The number of hydrogen-bond donors (Lipinski definition) is 0. The Kier molecular flexibility index (Phi) is 4.21. The smallest absolute Gasteiger partial charge is 0.173 e. The lowest BCUT2D eigenvalue weighted by Gasteiger charge is -2.40. The van der Waals surface area contributed by atoms with Gasteiger partial charge in [-0.25, -0.2) is 0 Å². The maximum atomic E-state index is 12.6. The second-order valence-electron chi connectivity index (χ2n) is 5.04. The molecule has 1 aliphatic heterocycles. The molecule has 3 rings (SSSR count). The Morgan fingerprint density at radius 2 is 1.52 bits per heavy atom. The Morgan fingerprint density at radius 3 is 2.19 bits per heavy atom. The van der Waals surface area contributed by atoms with Crippen LogP contribution in [-0.2, 0) is 14.4 Å². The average molecular weight is 386 g/mol. The van der Waals surface area contributed by atoms with Gasteiger partial charge in [0.15, 0.2) is 5.78 Å². The molecule has 1 saturated carbocycles. The summed E-state index contributed by atoms with van der Waals surface area (Å²) in [5.41, 5.74) is 0.209. The molecule has 0 aromatic carbocycles. The van der Waals surface area contributed by atoms with E-state index in [0.29, 0.717) is 0 Å². The largest absolute Gasteiger partial charge is 0.299 e. The van der Waals surface area contributed by atoms with Crippen molar-refractivity contribution in [2.45, 2.75) is 28.7 Å². The Labute approximate surface area is 145 Å². The lowest BCUT2D eigenvalue weighted by atomic mass is 9.79. The summed E-state index contributed by atoms with van der Waals surface area (Å²) in [6.07, 6.45) is 0.257. The molecule has 0 aromatic rings. The highest BCUT2D eigenvalue weighted by molar-refractivity contribution is 8.01. The molecule has 0 amide bonds. The minimum atomic E-state index is -0.971. The van der Waals surface area contributed by atoms with Crippen molar-refractivity contribution in [2.24, 2.45) is 5.92 Å². The topological polar surface area (TPSA) is 51.2 Å².